The number of aliphatic carboxylic acids is 1. The molecule has 1 fully saturated rings. The van der Waals surface area contributed by atoms with Crippen LogP contribution in [-0.4, -0.2) is 110 Å². The number of phenols is 2. The molecule has 0 spiro atoms. The summed E-state index contributed by atoms with van der Waals surface area (Å²) in [7, 11) is 0. The van der Waals surface area contributed by atoms with Crippen molar-refractivity contribution in [3.63, 3.8) is 0 Å². The average Bonchev–Trinajstić information content (AvgIpc) is 2.88. The van der Waals surface area contributed by atoms with Crippen LogP contribution in [-0.2, 0) is 35.0 Å². The third-order valence-corrected chi connectivity index (χ3v) is 6.11. The molecule has 1 saturated heterocycles. The van der Waals surface area contributed by atoms with Gasteiger partial charge in [-0.15, -0.1) is 0 Å². The fraction of sp³-hybridized carbons (Fsp3) is 0.500. The van der Waals surface area contributed by atoms with Gasteiger partial charge in [-0.25, -0.2) is 4.79 Å². The molecular weight excluding hydrogens is 512 g/mol. The zero-order chi connectivity index (χ0) is 28.0. The SMILES string of the molecule is O=C(C[C@H]1C(C(=O)O)=CO[C@@H](O[C@H]2O[C@H](CO)[C@@H](O)[C@H](O)[C@H]2O)C1=CCO)OCCc1ccc(O)c(O)c1. The second kappa shape index (κ2) is 13.0. The summed E-state index contributed by atoms with van der Waals surface area (Å²) in [4.78, 5) is 24.4. The van der Waals surface area contributed by atoms with E-state index in [0.29, 0.717) is 5.56 Å². The van der Waals surface area contributed by atoms with Gasteiger partial charge in [0.2, 0.25) is 6.29 Å². The largest absolute Gasteiger partial charge is 0.504 e. The number of esters is 1. The predicted octanol–water partition coefficient (Wildman–Crippen LogP) is -1.75. The summed E-state index contributed by atoms with van der Waals surface area (Å²) in [6.07, 6.45) is -7.87. The summed E-state index contributed by atoms with van der Waals surface area (Å²) in [5, 5.41) is 77.7. The molecule has 2 aliphatic rings. The van der Waals surface area contributed by atoms with Crippen LogP contribution in [0, 0.1) is 5.92 Å². The highest BCUT2D eigenvalue weighted by Crippen LogP contribution is 2.36. The van der Waals surface area contributed by atoms with E-state index < -0.39 is 74.5 Å². The first-order chi connectivity index (χ1) is 18.1. The second-order valence-corrected chi connectivity index (χ2v) is 8.62. The van der Waals surface area contributed by atoms with Gasteiger partial charge in [0.25, 0.3) is 0 Å². The number of hydrogen-bond donors (Lipinski definition) is 8. The van der Waals surface area contributed by atoms with Crippen molar-refractivity contribution in [3.8, 4) is 11.5 Å². The van der Waals surface area contributed by atoms with Gasteiger partial charge in [-0.05, 0) is 17.7 Å². The van der Waals surface area contributed by atoms with Gasteiger partial charge in [-0.1, -0.05) is 12.1 Å². The van der Waals surface area contributed by atoms with Crippen LogP contribution in [0.4, 0.5) is 0 Å². The minimum absolute atomic E-state index is 0.00947. The Morgan fingerprint density at radius 1 is 1.03 bits per heavy atom. The normalized spacial score (nSPS) is 30.4. The number of aromatic hydroxyl groups is 2. The molecule has 0 bridgehead atoms. The number of rotatable bonds is 10. The van der Waals surface area contributed by atoms with Gasteiger partial charge < -0.3 is 59.8 Å². The lowest BCUT2D eigenvalue weighted by Crippen LogP contribution is -2.60. The minimum Gasteiger partial charge on any atom is -0.504 e. The van der Waals surface area contributed by atoms with Crippen molar-refractivity contribution in [2.24, 2.45) is 5.92 Å². The first kappa shape index (κ1) is 29.3. The number of aliphatic hydroxyl groups is 5. The average molecular weight is 542 g/mol. The predicted molar refractivity (Wildman–Crippen MR) is 123 cm³/mol. The van der Waals surface area contributed by atoms with E-state index in [0.717, 1.165) is 12.3 Å². The Kier molecular flexibility index (Phi) is 10.0. The van der Waals surface area contributed by atoms with Crippen molar-refractivity contribution in [2.45, 2.75) is 49.8 Å². The number of carbonyl (C=O) groups is 2. The van der Waals surface area contributed by atoms with Crippen molar-refractivity contribution in [1.29, 1.82) is 0 Å². The van der Waals surface area contributed by atoms with Gasteiger partial charge in [-0.2, -0.15) is 0 Å². The maximum Gasteiger partial charge on any atom is 0.335 e. The molecule has 7 atom stereocenters. The number of benzene rings is 1. The molecule has 14 heteroatoms. The lowest BCUT2D eigenvalue weighted by atomic mass is 9.86. The number of carbonyl (C=O) groups excluding carboxylic acids is 1. The van der Waals surface area contributed by atoms with E-state index in [4.69, 9.17) is 18.9 Å². The number of carboxylic acids is 1. The number of aliphatic hydroxyl groups excluding tert-OH is 5. The molecular formula is C24H30O14. The Bertz CT molecular complexity index is 1050. The second-order valence-electron chi connectivity index (χ2n) is 8.62. The lowest BCUT2D eigenvalue weighted by molar-refractivity contribution is -0.327. The fourth-order valence-corrected chi connectivity index (χ4v) is 4.06. The molecule has 1 aromatic rings. The van der Waals surface area contributed by atoms with Crippen LogP contribution >= 0.6 is 0 Å². The lowest BCUT2D eigenvalue weighted by Gasteiger charge is -2.41. The van der Waals surface area contributed by atoms with Crippen LogP contribution in [0.15, 0.2) is 41.7 Å². The van der Waals surface area contributed by atoms with Gasteiger partial charge in [0.1, 0.15) is 24.4 Å². The van der Waals surface area contributed by atoms with E-state index >= 15 is 0 Å². The van der Waals surface area contributed by atoms with Gasteiger partial charge >= 0.3 is 11.9 Å². The van der Waals surface area contributed by atoms with Crippen molar-refractivity contribution in [2.75, 3.05) is 19.8 Å². The molecule has 0 unspecified atom stereocenters. The van der Waals surface area contributed by atoms with Crippen molar-refractivity contribution in [1.82, 2.24) is 0 Å². The summed E-state index contributed by atoms with van der Waals surface area (Å²) < 4.78 is 21.4. The summed E-state index contributed by atoms with van der Waals surface area (Å²) in [6, 6.07) is 4.10. The smallest absolute Gasteiger partial charge is 0.335 e. The van der Waals surface area contributed by atoms with Gasteiger partial charge in [0.05, 0.1) is 38.1 Å². The highest BCUT2D eigenvalue weighted by atomic mass is 16.8. The Morgan fingerprint density at radius 3 is 2.39 bits per heavy atom. The van der Waals surface area contributed by atoms with Crippen molar-refractivity contribution in [3.05, 3.63) is 47.2 Å². The third kappa shape index (κ3) is 6.79. The molecule has 38 heavy (non-hydrogen) atoms. The monoisotopic (exact) mass is 542 g/mol. The summed E-state index contributed by atoms with van der Waals surface area (Å²) in [6.45, 7) is -1.44. The third-order valence-electron chi connectivity index (χ3n) is 6.11. The molecule has 2 heterocycles. The molecule has 0 radical (unpaired) electrons. The maximum absolute atomic E-state index is 12.6. The van der Waals surface area contributed by atoms with Crippen LogP contribution in [0.1, 0.15) is 12.0 Å². The van der Waals surface area contributed by atoms with E-state index in [2.05, 4.69) is 0 Å². The van der Waals surface area contributed by atoms with Crippen LogP contribution < -0.4 is 0 Å². The molecule has 0 aromatic heterocycles. The quantitative estimate of drug-likeness (QED) is 0.0931. The van der Waals surface area contributed by atoms with Gasteiger partial charge in [0, 0.05) is 17.9 Å². The summed E-state index contributed by atoms with van der Waals surface area (Å²) in [5.41, 5.74) is 0.211. The molecule has 14 nitrogen and oxygen atoms in total. The van der Waals surface area contributed by atoms with Crippen molar-refractivity contribution < 1.29 is 69.4 Å². The van der Waals surface area contributed by atoms with Crippen LogP contribution in [0.5, 0.6) is 11.5 Å². The Hall–Kier alpha value is -3.24. The standard InChI is InChI=1S/C24H30O14/c25-5-3-12-13(8-18(29)35-6-4-11-1-2-15(27)16(28)7-11)14(22(33)34)10-36-23(12)38-24-21(32)20(31)19(30)17(9-26)37-24/h1-3,7,10,13,17,19-21,23-28,30-32H,4-6,8-9H2,(H,33,34)/t13-,17-,19-,20+,21-,23+,24-/m1/s1. The molecule has 0 saturated carbocycles. The Morgan fingerprint density at radius 2 is 1.76 bits per heavy atom. The first-order valence-corrected chi connectivity index (χ1v) is 11.6. The molecule has 2 aliphatic heterocycles. The summed E-state index contributed by atoms with van der Waals surface area (Å²) >= 11 is 0. The van der Waals surface area contributed by atoms with E-state index in [-0.39, 0.29) is 35.7 Å². The zero-order valence-corrected chi connectivity index (χ0v) is 20.0. The maximum atomic E-state index is 12.6. The molecule has 8 N–H and O–H groups in total. The zero-order valence-electron chi connectivity index (χ0n) is 20.0. The number of phenolic OH excluding ortho intramolecular Hbond substituents is 2. The van der Waals surface area contributed by atoms with Crippen LogP contribution in [0.25, 0.3) is 0 Å². The van der Waals surface area contributed by atoms with Crippen molar-refractivity contribution >= 4 is 11.9 Å². The summed E-state index contributed by atoms with van der Waals surface area (Å²) in [5.74, 6) is -4.05. The Balaban J connectivity index is 1.72. The highest BCUT2D eigenvalue weighted by Gasteiger charge is 2.46. The molecule has 3 rings (SSSR count). The first-order valence-electron chi connectivity index (χ1n) is 11.6. The molecule has 210 valence electrons. The van der Waals surface area contributed by atoms with Crippen LogP contribution in [0.3, 0.4) is 0 Å². The van der Waals surface area contributed by atoms with Crippen LogP contribution in [0.2, 0.25) is 0 Å². The van der Waals surface area contributed by atoms with E-state index in [1.807, 2.05) is 0 Å². The van der Waals surface area contributed by atoms with E-state index in [1.54, 1.807) is 0 Å². The molecule has 1 aromatic carbocycles. The number of carboxylic acid groups (broad SMARTS) is 1. The van der Waals surface area contributed by atoms with E-state index in [9.17, 15) is 50.4 Å². The minimum atomic E-state index is -1.78. The van der Waals surface area contributed by atoms with Gasteiger partial charge in [-0.3, -0.25) is 4.79 Å². The molecule has 0 amide bonds. The topological polar surface area (TPSA) is 233 Å². The number of hydrogen-bond acceptors (Lipinski definition) is 13. The molecule has 0 aliphatic carbocycles. The fourth-order valence-electron chi connectivity index (χ4n) is 4.06. The van der Waals surface area contributed by atoms with E-state index in [1.165, 1.54) is 18.2 Å². The van der Waals surface area contributed by atoms with Gasteiger partial charge in [0.15, 0.2) is 17.8 Å². The number of ether oxygens (including phenoxy) is 4. The highest BCUT2D eigenvalue weighted by molar-refractivity contribution is 5.89. The Labute approximate surface area is 216 Å².